The van der Waals surface area contributed by atoms with E-state index in [2.05, 4.69) is 15.0 Å². The Morgan fingerprint density at radius 1 is 1.30 bits per heavy atom. The van der Waals surface area contributed by atoms with E-state index in [0.29, 0.717) is 11.2 Å². The lowest BCUT2D eigenvalue weighted by Crippen LogP contribution is -2.35. The van der Waals surface area contributed by atoms with Gasteiger partial charge < -0.3 is 19.3 Å². The number of nitrogens with zero attached hydrogens (tertiary/aromatic N) is 4. The minimum Gasteiger partial charge on any atom is -0.479 e. The van der Waals surface area contributed by atoms with Crippen LogP contribution in [-0.2, 0) is 19.0 Å². The average molecular weight is 341 g/mol. The molecule has 0 unspecified atom stereocenters. The van der Waals surface area contributed by atoms with Gasteiger partial charge in [0, 0.05) is 0 Å². The molecule has 0 aromatic carbocycles. The molecule has 0 radical (unpaired) electrons. The molecule has 2 aromatic heterocycles. The normalized spacial score (nSPS) is 32.3. The van der Waals surface area contributed by atoms with E-state index in [1.807, 2.05) is 0 Å². The fourth-order valence-corrected chi connectivity index (χ4v) is 3.19. The third-order valence-electron chi connectivity index (χ3n) is 3.86. The number of fused-ring (bicyclic) bond motifs is 2. The Morgan fingerprint density at radius 2 is 2.04 bits per heavy atom. The molecule has 4 heterocycles. The molecule has 9 nitrogen and oxygen atoms in total. The van der Waals surface area contributed by atoms with E-state index < -0.39 is 36.3 Å². The van der Waals surface area contributed by atoms with Crippen molar-refractivity contribution in [3.8, 4) is 0 Å². The Kier molecular flexibility index (Phi) is 3.11. The van der Waals surface area contributed by atoms with Crippen LogP contribution in [0.25, 0.3) is 11.2 Å². The third kappa shape index (κ3) is 2.19. The van der Waals surface area contributed by atoms with Crippen LogP contribution in [0.1, 0.15) is 20.1 Å². The summed E-state index contributed by atoms with van der Waals surface area (Å²) in [6.07, 6.45) is -0.411. The third-order valence-corrected chi connectivity index (χ3v) is 4.14. The smallest absolute Gasteiger partial charge is 0.335 e. The van der Waals surface area contributed by atoms with Crippen LogP contribution in [0.15, 0.2) is 12.7 Å². The molecule has 4 rings (SSSR count). The number of halogens is 1. The molecule has 0 amide bonds. The number of rotatable bonds is 2. The highest BCUT2D eigenvalue weighted by molar-refractivity contribution is 6.33. The van der Waals surface area contributed by atoms with Crippen molar-refractivity contribution in [3.63, 3.8) is 0 Å². The first-order valence-electron chi connectivity index (χ1n) is 6.94. The number of ether oxygens (including phenoxy) is 3. The Morgan fingerprint density at radius 3 is 2.78 bits per heavy atom. The molecule has 2 aliphatic heterocycles. The zero-order valence-corrected chi connectivity index (χ0v) is 13.0. The van der Waals surface area contributed by atoms with E-state index in [0.717, 1.165) is 0 Å². The number of aromatic nitrogens is 4. The first-order chi connectivity index (χ1) is 10.9. The Labute approximate surface area is 135 Å². The SMILES string of the molecule is CC1(C)O[C@@H]2[C@H](O1)[C@@H](C(=O)O)O[C@@H]2n1cnc2c(Cl)ncnc21. The molecule has 1 N–H and O–H groups in total. The maximum Gasteiger partial charge on any atom is 0.335 e. The number of aliphatic carboxylic acids is 1. The van der Waals surface area contributed by atoms with Gasteiger partial charge in [-0.3, -0.25) is 4.57 Å². The molecule has 0 saturated carbocycles. The molecule has 0 spiro atoms. The van der Waals surface area contributed by atoms with E-state index in [1.165, 1.54) is 12.7 Å². The predicted octanol–water partition coefficient (Wildman–Crippen LogP) is 0.982. The van der Waals surface area contributed by atoms with Crippen LogP contribution in [0.3, 0.4) is 0 Å². The highest BCUT2D eigenvalue weighted by Gasteiger charge is 2.58. The maximum absolute atomic E-state index is 11.5. The molecule has 10 heteroatoms. The Balaban J connectivity index is 1.78. The van der Waals surface area contributed by atoms with Crippen molar-refractivity contribution in [2.75, 3.05) is 0 Å². The zero-order chi connectivity index (χ0) is 16.4. The molecular weight excluding hydrogens is 328 g/mol. The van der Waals surface area contributed by atoms with E-state index in [1.54, 1.807) is 18.4 Å². The molecule has 122 valence electrons. The van der Waals surface area contributed by atoms with E-state index in [9.17, 15) is 9.90 Å². The van der Waals surface area contributed by atoms with Gasteiger partial charge in [-0.1, -0.05) is 11.6 Å². The van der Waals surface area contributed by atoms with Crippen LogP contribution in [0.2, 0.25) is 5.15 Å². The van der Waals surface area contributed by atoms with Gasteiger partial charge in [0.15, 0.2) is 28.9 Å². The molecule has 2 aliphatic rings. The number of carbonyl (C=O) groups is 1. The lowest BCUT2D eigenvalue weighted by atomic mass is 10.1. The topological polar surface area (TPSA) is 109 Å². The second kappa shape index (κ2) is 4.84. The second-order valence-electron chi connectivity index (χ2n) is 5.84. The van der Waals surface area contributed by atoms with Crippen LogP contribution in [0, 0.1) is 0 Å². The summed E-state index contributed by atoms with van der Waals surface area (Å²) >= 11 is 5.99. The molecule has 2 aromatic rings. The van der Waals surface area contributed by atoms with Crippen molar-refractivity contribution in [1.29, 1.82) is 0 Å². The fourth-order valence-electron chi connectivity index (χ4n) is 3.01. The lowest BCUT2D eigenvalue weighted by molar-refractivity contribution is -0.202. The molecule has 2 fully saturated rings. The summed E-state index contributed by atoms with van der Waals surface area (Å²) in [6, 6.07) is 0. The predicted molar refractivity (Wildman–Crippen MR) is 75.7 cm³/mol. The highest BCUT2D eigenvalue weighted by atomic mass is 35.5. The van der Waals surface area contributed by atoms with Crippen molar-refractivity contribution in [3.05, 3.63) is 17.8 Å². The van der Waals surface area contributed by atoms with Crippen LogP contribution in [-0.4, -0.2) is 54.7 Å². The maximum atomic E-state index is 11.5. The highest BCUT2D eigenvalue weighted by Crippen LogP contribution is 2.43. The van der Waals surface area contributed by atoms with Crippen molar-refractivity contribution < 1.29 is 24.1 Å². The van der Waals surface area contributed by atoms with Gasteiger partial charge in [0.2, 0.25) is 0 Å². The fraction of sp³-hybridized carbons (Fsp3) is 0.538. The van der Waals surface area contributed by atoms with Gasteiger partial charge >= 0.3 is 5.97 Å². The van der Waals surface area contributed by atoms with Gasteiger partial charge in [-0.25, -0.2) is 19.7 Å². The Hall–Kier alpha value is -1.81. The number of carboxylic acid groups (broad SMARTS) is 1. The summed E-state index contributed by atoms with van der Waals surface area (Å²) in [5.74, 6) is -2.01. The number of hydrogen-bond donors (Lipinski definition) is 1. The first kappa shape index (κ1) is 14.8. The van der Waals surface area contributed by atoms with Gasteiger partial charge in [0.25, 0.3) is 0 Å². The van der Waals surface area contributed by atoms with Gasteiger partial charge in [-0.15, -0.1) is 0 Å². The molecule has 4 atom stereocenters. The van der Waals surface area contributed by atoms with Crippen LogP contribution < -0.4 is 0 Å². The molecule has 0 aliphatic carbocycles. The molecule has 23 heavy (non-hydrogen) atoms. The van der Waals surface area contributed by atoms with Gasteiger partial charge in [0.1, 0.15) is 24.1 Å². The quantitative estimate of drug-likeness (QED) is 0.806. The van der Waals surface area contributed by atoms with E-state index in [4.69, 9.17) is 25.8 Å². The largest absolute Gasteiger partial charge is 0.479 e. The summed E-state index contributed by atoms with van der Waals surface area (Å²) in [7, 11) is 0. The minimum absolute atomic E-state index is 0.210. The van der Waals surface area contributed by atoms with Crippen molar-refractivity contribution in [1.82, 2.24) is 19.5 Å². The molecular formula is C13H13ClN4O5. The van der Waals surface area contributed by atoms with E-state index in [-0.39, 0.29) is 5.15 Å². The number of hydrogen-bond acceptors (Lipinski definition) is 7. The summed E-state index contributed by atoms with van der Waals surface area (Å²) in [4.78, 5) is 23.6. The van der Waals surface area contributed by atoms with Crippen molar-refractivity contribution in [2.45, 2.75) is 44.2 Å². The monoisotopic (exact) mass is 340 g/mol. The van der Waals surface area contributed by atoms with Crippen molar-refractivity contribution >= 4 is 28.7 Å². The van der Waals surface area contributed by atoms with Gasteiger partial charge in [0.05, 0.1) is 6.33 Å². The number of carboxylic acids is 1. The minimum atomic E-state index is -1.14. The number of imidazole rings is 1. The molecule has 0 bridgehead atoms. The summed E-state index contributed by atoms with van der Waals surface area (Å²) < 4.78 is 18.8. The van der Waals surface area contributed by atoms with Crippen LogP contribution in [0.4, 0.5) is 0 Å². The summed E-state index contributed by atoms with van der Waals surface area (Å²) in [5.41, 5.74) is 0.847. The first-order valence-corrected chi connectivity index (χ1v) is 7.32. The Bertz CT molecular complexity index is 794. The standard InChI is InChI=1S/C13H13ClN4O5/c1-13(2)22-6-7(23-13)11(21-8(6)12(19)20)18-4-17-5-9(14)15-3-16-10(5)18/h3-4,6-8,11H,1-2H3,(H,19,20)/t6-,7+,8-,11-/m0/s1. The van der Waals surface area contributed by atoms with Crippen molar-refractivity contribution in [2.24, 2.45) is 0 Å². The lowest BCUT2D eigenvalue weighted by Gasteiger charge is -2.23. The van der Waals surface area contributed by atoms with Gasteiger partial charge in [-0.2, -0.15) is 0 Å². The van der Waals surface area contributed by atoms with E-state index >= 15 is 0 Å². The zero-order valence-electron chi connectivity index (χ0n) is 12.2. The molecule has 2 saturated heterocycles. The van der Waals surface area contributed by atoms with Gasteiger partial charge in [-0.05, 0) is 13.8 Å². The van der Waals surface area contributed by atoms with Crippen LogP contribution in [0.5, 0.6) is 0 Å². The van der Waals surface area contributed by atoms with Crippen LogP contribution >= 0.6 is 11.6 Å². The second-order valence-corrected chi connectivity index (χ2v) is 6.20. The summed E-state index contributed by atoms with van der Waals surface area (Å²) in [6.45, 7) is 3.46. The summed E-state index contributed by atoms with van der Waals surface area (Å²) in [5, 5.41) is 9.58. The average Bonchev–Trinajstić information content (AvgIpc) is 3.09.